The summed E-state index contributed by atoms with van der Waals surface area (Å²) in [6, 6.07) is 9.56. The second kappa shape index (κ2) is 8.19. The van der Waals surface area contributed by atoms with Crippen LogP contribution in [0.2, 0.25) is 0 Å². The van der Waals surface area contributed by atoms with Gasteiger partial charge < -0.3 is 15.5 Å². The summed E-state index contributed by atoms with van der Waals surface area (Å²) in [5.41, 5.74) is 2.94. The topological polar surface area (TPSA) is 116 Å². The number of hydrogen-bond donors (Lipinski definition) is 3. The Morgan fingerprint density at radius 3 is 2.58 bits per heavy atom. The van der Waals surface area contributed by atoms with Crippen molar-refractivity contribution in [2.45, 2.75) is 0 Å². The van der Waals surface area contributed by atoms with Crippen molar-refractivity contribution in [3.05, 3.63) is 66.5 Å². The summed E-state index contributed by atoms with van der Waals surface area (Å²) in [5.74, 6) is -0.759. The molecule has 31 heavy (non-hydrogen) atoms. The first-order chi connectivity index (χ1) is 14.9. The van der Waals surface area contributed by atoms with Crippen LogP contribution in [0.3, 0.4) is 0 Å². The Balaban J connectivity index is 1.63. The molecule has 3 amide bonds. The molecule has 156 valence electrons. The van der Waals surface area contributed by atoms with Gasteiger partial charge in [0.25, 0.3) is 5.91 Å². The molecule has 0 spiro atoms. The maximum absolute atomic E-state index is 13.0. The largest absolute Gasteiger partial charge is 0.331 e. The molecule has 0 aliphatic rings. The lowest BCUT2D eigenvalue weighted by Crippen LogP contribution is -2.27. The van der Waals surface area contributed by atoms with Gasteiger partial charge in [0.2, 0.25) is 0 Å². The highest BCUT2D eigenvalue weighted by Gasteiger charge is 2.16. The summed E-state index contributed by atoms with van der Waals surface area (Å²) >= 11 is 0. The molecule has 0 aliphatic heterocycles. The monoisotopic (exact) mass is 419 g/mol. The molecular formula is C21H18FN7O2. The van der Waals surface area contributed by atoms with Crippen molar-refractivity contribution in [3.63, 3.8) is 0 Å². The van der Waals surface area contributed by atoms with Crippen molar-refractivity contribution >= 4 is 34.3 Å². The number of pyridine rings is 2. The molecule has 0 aliphatic carbocycles. The number of nitrogens with zero attached hydrogens (tertiary/aromatic N) is 4. The number of aromatic nitrogens is 4. The third kappa shape index (κ3) is 4.32. The zero-order valence-corrected chi connectivity index (χ0v) is 16.7. The highest BCUT2D eigenvalue weighted by atomic mass is 19.1. The number of H-pyrrole nitrogens is 1. The molecule has 0 bridgehead atoms. The van der Waals surface area contributed by atoms with Gasteiger partial charge in [0.15, 0.2) is 5.69 Å². The van der Waals surface area contributed by atoms with E-state index in [1.165, 1.54) is 17.0 Å². The second-order valence-electron chi connectivity index (χ2n) is 6.94. The van der Waals surface area contributed by atoms with Gasteiger partial charge in [0.1, 0.15) is 11.6 Å². The number of benzene rings is 1. The predicted molar refractivity (Wildman–Crippen MR) is 114 cm³/mol. The van der Waals surface area contributed by atoms with E-state index in [1.807, 2.05) is 6.07 Å². The molecule has 3 heterocycles. The van der Waals surface area contributed by atoms with Gasteiger partial charge in [-0.25, -0.2) is 14.2 Å². The maximum Gasteiger partial charge on any atom is 0.321 e. The third-order valence-electron chi connectivity index (χ3n) is 4.48. The summed E-state index contributed by atoms with van der Waals surface area (Å²) in [5, 5.41) is 12.9. The van der Waals surface area contributed by atoms with Crippen molar-refractivity contribution in [1.29, 1.82) is 0 Å². The van der Waals surface area contributed by atoms with Crippen LogP contribution >= 0.6 is 0 Å². The molecule has 10 heteroatoms. The van der Waals surface area contributed by atoms with Gasteiger partial charge in [-0.1, -0.05) is 6.07 Å². The minimum absolute atomic E-state index is 0.174. The van der Waals surface area contributed by atoms with Crippen LogP contribution in [-0.2, 0) is 0 Å². The van der Waals surface area contributed by atoms with Crippen molar-refractivity contribution in [1.82, 2.24) is 25.1 Å². The Hall–Kier alpha value is -4.34. The van der Waals surface area contributed by atoms with E-state index in [2.05, 4.69) is 30.8 Å². The van der Waals surface area contributed by atoms with Gasteiger partial charge in [-0.3, -0.25) is 14.9 Å². The van der Waals surface area contributed by atoms with Crippen molar-refractivity contribution in [3.8, 4) is 11.1 Å². The van der Waals surface area contributed by atoms with Crippen LogP contribution in [0.15, 0.2) is 55.0 Å². The number of amides is 3. The van der Waals surface area contributed by atoms with Gasteiger partial charge in [0.05, 0.1) is 23.6 Å². The smallest absolute Gasteiger partial charge is 0.321 e. The standard InChI is InChI=1S/C21H18FN7O2/c1-29(2)21(31)25-15-7-13(9-23-11-15)12-3-5-17-16(8-12)19(28-27-17)20(30)26-18-6-4-14(22)10-24-18/h3-11H,1-2H3,(H,25,31)(H,27,28)(H,24,26,30). The van der Waals surface area contributed by atoms with E-state index >= 15 is 0 Å². The van der Waals surface area contributed by atoms with Crippen molar-refractivity contribution in [2.75, 3.05) is 24.7 Å². The van der Waals surface area contributed by atoms with E-state index in [9.17, 15) is 14.0 Å². The number of anilines is 2. The highest BCUT2D eigenvalue weighted by molar-refractivity contribution is 6.11. The molecule has 3 N–H and O–H groups in total. The number of rotatable bonds is 4. The molecule has 3 aromatic heterocycles. The lowest BCUT2D eigenvalue weighted by Gasteiger charge is -2.12. The summed E-state index contributed by atoms with van der Waals surface area (Å²) in [7, 11) is 3.29. The summed E-state index contributed by atoms with van der Waals surface area (Å²) < 4.78 is 13.0. The number of fused-ring (bicyclic) bond motifs is 1. The fraction of sp³-hybridized carbons (Fsp3) is 0.0952. The van der Waals surface area contributed by atoms with E-state index in [0.717, 1.165) is 17.3 Å². The van der Waals surface area contributed by atoms with E-state index in [1.54, 1.807) is 44.7 Å². The zero-order chi connectivity index (χ0) is 22.0. The van der Waals surface area contributed by atoms with Crippen LogP contribution in [0, 0.1) is 5.82 Å². The summed E-state index contributed by atoms with van der Waals surface area (Å²) in [6.45, 7) is 0. The SMILES string of the molecule is CN(C)C(=O)Nc1cncc(-c2ccc3[nH]nc(C(=O)Nc4ccc(F)cn4)c3c2)c1. The van der Waals surface area contributed by atoms with Crippen LogP contribution in [-0.4, -0.2) is 51.1 Å². The maximum atomic E-state index is 13.0. The Kier molecular flexibility index (Phi) is 5.27. The summed E-state index contributed by atoms with van der Waals surface area (Å²) in [4.78, 5) is 34.0. The van der Waals surface area contributed by atoms with Crippen LogP contribution in [0.1, 0.15) is 10.5 Å². The number of aromatic amines is 1. The molecular weight excluding hydrogens is 401 g/mol. The van der Waals surface area contributed by atoms with Crippen LogP contribution < -0.4 is 10.6 Å². The molecule has 4 rings (SSSR count). The molecule has 4 aromatic rings. The van der Waals surface area contributed by atoms with Crippen LogP contribution in [0.5, 0.6) is 0 Å². The Labute approximate surface area is 176 Å². The number of carbonyl (C=O) groups excluding carboxylic acids is 2. The van der Waals surface area contributed by atoms with E-state index in [4.69, 9.17) is 0 Å². The average molecular weight is 419 g/mol. The third-order valence-corrected chi connectivity index (χ3v) is 4.48. The zero-order valence-electron chi connectivity index (χ0n) is 16.7. The average Bonchev–Trinajstić information content (AvgIpc) is 3.19. The first-order valence-electron chi connectivity index (χ1n) is 9.25. The predicted octanol–water partition coefficient (Wildman–Crippen LogP) is 3.50. The second-order valence-corrected chi connectivity index (χ2v) is 6.94. The first-order valence-corrected chi connectivity index (χ1v) is 9.25. The lowest BCUT2D eigenvalue weighted by atomic mass is 10.0. The van der Waals surface area contributed by atoms with Gasteiger partial charge >= 0.3 is 6.03 Å². The molecule has 0 saturated heterocycles. The number of halogens is 1. The molecule has 1 aromatic carbocycles. The Morgan fingerprint density at radius 1 is 1.00 bits per heavy atom. The van der Waals surface area contributed by atoms with Gasteiger partial charge in [-0.2, -0.15) is 5.10 Å². The fourth-order valence-electron chi connectivity index (χ4n) is 2.89. The molecule has 0 fully saturated rings. The van der Waals surface area contributed by atoms with E-state index in [0.29, 0.717) is 16.6 Å². The number of urea groups is 1. The Bertz CT molecular complexity index is 1270. The molecule has 0 saturated carbocycles. The van der Waals surface area contributed by atoms with E-state index < -0.39 is 11.7 Å². The van der Waals surface area contributed by atoms with Gasteiger partial charge in [0, 0.05) is 31.2 Å². The lowest BCUT2D eigenvalue weighted by molar-refractivity contribution is 0.102. The normalized spacial score (nSPS) is 10.7. The molecule has 0 unspecified atom stereocenters. The fourth-order valence-corrected chi connectivity index (χ4v) is 2.89. The first kappa shape index (κ1) is 20.0. The highest BCUT2D eigenvalue weighted by Crippen LogP contribution is 2.27. The minimum atomic E-state index is -0.495. The van der Waals surface area contributed by atoms with Crippen LogP contribution in [0.25, 0.3) is 22.0 Å². The molecule has 9 nitrogen and oxygen atoms in total. The van der Waals surface area contributed by atoms with Gasteiger partial charge in [-0.05, 0) is 35.9 Å². The molecule has 0 atom stereocenters. The quantitative estimate of drug-likeness (QED) is 0.468. The summed E-state index contributed by atoms with van der Waals surface area (Å²) in [6.07, 6.45) is 4.23. The minimum Gasteiger partial charge on any atom is -0.331 e. The number of nitrogens with one attached hydrogen (secondary N) is 3. The Morgan fingerprint density at radius 2 is 1.84 bits per heavy atom. The van der Waals surface area contributed by atoms with Crippen molar-refractivity contribution < 1.29 is 14.0 Å². The van der Waals surface area contributed by atoms with Gasteiger partial charge in [-0.15, -0.1) is 0 Å². The number of hydrogen-bond acceptors (Lipinski definition) is 5. The number of carbonyl (C=O) groups is 2. The van der Waals surface area contributed by atoms with E-state index in [-0.39, 0.29) is 17.5 Å². The van der Waals surface area contributed by atoms with Crippen molar-refractivity contribution in [2.24, 2.45) is 0 Å². The van der Waals surface area contributed by atoms with Crippen LogP contribution in [0.4, 0.5) is 20.7 Å². The molecule has 0 radical (unpaired) electrons.